The molecule has 0 fully saturated rings. The summed E-state index contributed by atoms with van der Waals surface area (Å²) in [4.78, 5) is 4.28. The minimum absolute atomic E-state index is 0. The van der Waals surface area contributed by atoms with Crippen molar-refractivity contribution < 1.29 is 9.47 Å². The van der Waals surface area contributed by atoms with Crippen LogP contribution in [-0.2, 0) is 22.6 Å². The third kappa shape index (κ3) is 11.7. The number of halogens is 1. The lowest BCUT2D eigenvalue weighted by atomic mass is 10.1. The Balaban J connectivity index is 0.00000625. The summed E-state index contributed by atoms with van der Waals surface area (Å²) < 4.78 is 11.3. The fraction of sp³-hybridized carbons (Fsp3) is 0.650. The second kappa shape index (κ2) is 16.3. The summed E-state index contributed by atoms with van der Waals surface area (Å²) in [6.45, 7) is 11.1. The molecule has 0 spiro atoms. The molecule has 2 N–H and O–H groups in total. The van der Waals surface area contributed by atoms with Gasteiger partial charge in [-0.3, -0.25) is 4.99 Å². The van der Waals surface area contributed by atoms with Crippen LogP contribution in [0.1, 0.15) is 44.7 Å². The zero-order valence-corrected chi connectivity index (χ0v) is 19.0. The summed E-state index contributed by atoms with van der Waals surface area (Å²) >= 11 is 0. The Bertz CT molecular complexity index is 496. The molecule has 0 heterocycles. The van der Waals surface area contributed by atoms with Gasteiger partial charge in [-0.05, 0) is 29.9 Å². The molecular formula is C20H36IN3O2. The van der Waals surface area contributed by atoms with Crippen molar-refractivity contribution in [1.82, 2.24) is 10.6 Å². The van der Waals surface area contributed by atoms with E-state index < -0.39 is 0 Å². The molecule has 6 heteroatoms. The van der Waals surface area contributed by atoms with Crippen molar-refractivity contribution in [1.29, 1.82) is 0 Å². The van der Waals surface area contributed by atoms with Gasteiger partial charge >= 0.3 is 0 Å². The van der Waals surface area contributed by atoms with Gasteiger partial charge < -0.3 is 20.1 Å². The Morgan fingerprint density at radius 1 is 1.08 bits per heavy atom. The Morgan fingerprint density at radius 2 is 1.81 bits per heavy atom. The van der Waals surface area contributed by atoms with E-state index in [2.05, 4.69) is 60.7 Å². The normalized spacial score (nSPS) is 11.3. The molecule has 0 aliphatic rings. The first-order valence-corrected chi connectivity index (χ1v) is 9.34. The van der Waals surface area contributed by atoms with E-state index >= 15 is 0 Å². The molecule has 0 atom stereocenters. The van der Waals surface area contributed by atoms with Crippen LogP contribution < -0.4 is 10.6 Å². The number of benzene rings is 1. The monoisotopic (exact) mass is 477 g/mol. The smallest absolute Gasteiger partial charge is 0.191 e. The third-order valence-electron chi connectivity index (χ3n) is 3.60. The van der Waals surface area contributed by atoms with Crippen LogP contribution >= 0.6 is 24.0 Å². The predicted octanol–water partition coefficient (Wildman–Crippen LogP) is 3.96. The van der Waals surface area contributed by atoms with E-state index in [1.165, 1.54) is 11.1 Å². The average molecular weight is 477 g/mol. The van der Waals surface area contributed by atoms with Gasteiger partial charge in [-0.1, -0.05) is 45.0 Å². The summed E-state index contributed by atoms with van der Waals surface area (Å²) in [5.74, 6) is 1.40. The molecular weight excluding hydrogens is 441 g/mol. The van der Waals surface area contributed by atoms with Crippen molar-refractivity contribution in [2.75, 3.05) is 33.4 Å². The molecule has 1 rings (SSSR count). The molecule has 150 valence electrons. The standard InChI is InChI=1S/C20H35N3O2.HI/c1-5-12-24-16-19-10-7-6-9-18(19)14-23-20(21-4)22-11-8-13-25-15-17(2)3;/h6-7,9-10,17H,5,8,11-16H2,1-4H3,(H2,21,22,23);1H. The van der Waals surface area contributed by atoms with Crippen LogP contribution in [-0.4, -0.2) is 39.4 Å². The lowest BCUT2D eigenvalue weighted by Gasteiger charge is -2.14. The van der Waals surface area contributed by atoms with Gasteiger partial charge in [-0.25, -0.2) is 0 Å². The molecule has 0 saturated carbocycles. The summed E-state index contributed by atoms with van der Waals surface area (Å²) in [7, 11) is 1.79. The van der Waals surface area contributed by atoms with Crippen LogP contribution in [0.3, 0.4) is 0 Å². The van der Waals surface area contributed by atoms with E-state index in [0.717, 1.165) is 51.7 Å². The van der Waals surface area contributed by atoms with Gasteiger partial charge in [-0.2, -0.15) is 0 Å². The Hall–Kier alpha value is -0.860. The number of nitrogens with zero attached hydrogens (tertiary/aromatic N) is 1. The van der Waals surface area contributed by atoms with E-state index in [9.17, 15) is 0 Å². The molecule has 0 saturated heterocycles. The van der Waals surface area contributed by atoms with Crippen LogP contribution in [0.25, 0.3) is 0 Å². The van der Waals surface area contributed by atoms with E-state index in [1.54, 1.807) is 7.05 Å². The molecule has 0 bridgehead atoms. The molecule has 0 aromatic heterocycles. The molecule has 1 aromatic rings. The van der Waals surface area contributed by atoms with Crippen molar-refractivity contribution in [2.24, 2.45) is 10.9 Å². The predicted molar refractivity (Wildman–Crippen MR) is 120 cm³/mol. The number of guanidine groups is 1. The van der Waals surface area contributed by atoms with Gasteiger partial charge in [-0.15, -0.1) is 24.0 Å². The number of nitrogens with one attached hydrogen (secondary N) is 2. The molecule has 5 nitrogen and oxygen atoms in total. The number of rotatable bonds is 12. The second-order valence-electron chi connectivity index (χ2n) is 6.50. The number of ether oxygens (including phenoxy) is 2. The van der Waals surface area contributed by atoms with Gasteiger partial charge in [0.15, 0.2) is 5.96 Å². The lowest BCUT2D eigenvalue weighted by Crippen LogP contribution is -2.37. The minimum Gasteiger partial charge on any atom is -0.381 e. The molecule has 26 heavy (non-hydrogen) atoms. The first-order valence-electron chi connectivity index (χ1n) is 9.34. The second-order valence-corrected chi connectivity index (χ2v) is 6.50. The molecule has 0 amide bonds. The summed E-state index contributed by atoms with van der Waals surface area (Å²) in [6, 6.07) is 8.36. The maximum Gasteiger partial charge on any atom is 0.191 e. The van der Waals surface area contributed by atoms with Gasteiger partial charge in [0.2, 0.25) is 0 Å². The number of hydrogen-bond donors (Lipinski definition) is 2. The van der Waals surface area contributed by atoms with Crippen LogP contribution in [0.2, 0.25) is 0 Å². The Kier molecular flexibility index (Phi) is 15.8. The third-order valence-corrected chi connectivity index (χ3v) is 3.60. The van der Waals surface area contributed by atoms with Crippen molar-refractivity contribution in [3.05, 3.63) is 35.4 Å². The fourth-order valence-corrected chi connectivity index (χ4v) is 2.30. The largest absolute Gasteiger partial charge is 0.381 e. The van der Waals surface area contributed by atoms with Crippen LogP contribution in [0.15, 0.2) is 29.3 Å². The lowest BCUT2D eigenvalue weighted by molar-refractivity contribution is 0.108. The Morgan fingerprint density at radius 3 is 2.46 bits per heavy atom. The van der Waals surface area contributed by atoms with Crippen molar-refractivity contribution in [3.8, 4) is 0 Å². The SMILES string of the molecule is CCCOCc1ccccc1CNC(=NC)NCCCOCC(C)C.I. The Labute approximate surface area is 176 Å². The van der Waals surface area contributed by atoms with E-state index in [4.69, 9.17) is 9.47 Å². The van der Waals surface area contributed by atoms with Crippen molar-refractivity contribution in [3.63, 3.8) is 0 Å². The molecule has 0 aliphatic heterocycles. The van der Waals surface area contributed by atoms with Gasteiger partial charge in [0.1, 0.15) is 0 Å². The quantitative estimate of drug-likeness (QED) is 0.207. The minimum atomic E-state index is 0. The summed E-state index contributed by atoms with van der Waals surface area (Å²) in [6.07, 6.45) is 2.01. The maximum atomic E-state index is 5.67. The first-order chi connectivity index (χ1) is 12.2. The van der Waals surface area contributed by atoms with Crippen molar-refractivity contribution in [2.45, 2.75) is 46.8 Å². The van der Waals surface area contributed by atoms with E-state index in [1.807, 2.05) is 0 Å². The highest BCUT2D eigenvalue weighted by atomic mass is 127. The molecule has 1 aromatic carbocycles. The summed E-state index contributed by atoms with van der Waals surface area (Å²) in [5, 5.41) is 6.70. The van der Waals surface area contributed by atoms with Gasteiger partial charge in [0.05, 0.1) is 6.61 Å². The fourth-order valence-electron chi connectivity index (χ4n) is 2.30. The topological polar surface area (TPSA) is 54.9 Å². The molecule has 0 aliphatic carbocycles. The van der Waals surface area contributed by atoms with Crippen LogP contribution in [0.5, 0.6) is 0 Å². The highest BCUT2D eigenvalue weighted by Gasteiger charge is 2.04. The zero-order chi connectivity index (χ0) is 18.3. The van der Waals surface area contributed by atoms with Gasteiger partial charge in [0.25, 0.3) is 0 Å². The van der Waals surface area contributed by atoms with Gasteiger partial charge in [0, 0.05) is 40.0 Å². The van der Waals surface area contributed by atoms with E-state index in [0.29, 0.717) is 12.5 Å². The van der Waals surface area contributed by atoms with E-state index in [-0.39, 0.29) is 24.0 Å². The average Bonchev–Trinajstić information content (AvgIpc) is 2.61. The summed E-state index contributed by atoms with van der Waals surface area (Å²) in [5.41, 5.74) is 2.46. The number of hydrogen-bond acceptors (Lipinski definition) is 3. The highest BCUT2D eigenvalue weighted by molar-refractivity contribution is 14.0. The zero-order valence-electron chi connectivity index (χ0n) is 16.7. The van der Waals surface area contributed by atoms with Crippen LogP contribution in [0.4, 0.5) is 0 Å². The molecule has 0 unspecified atom stereocenters. The van der Waals surface area contributed by atoms with Crippen LogP contribution in [0, 0.1) is 5.92 Å². The maximum absolute atomic E-state index is 5.67. The molecule has 0 radical (unpaired) electrons. The highest BCUT2D eigenvalue weighted by Crippen LogP contribution is 2.10. The number of aliphatic imine (C=N–C) groups is 1. The van der Waals surface area contributed by atoms with Crippen molar-refractivity contribution >= 4 is 29.9 Å². The first kappa shape index (κ1) is 25.1.